The van der Waals surface area contributed by atoms with Gasteiger partial charge < -0.3 is 9.80 Å². The van der Waals surface area contributed by atoms with E-state index < -0.39 is 0 Å². The minimum Gasteiger partial charge on any atom is -0.338 e. The number of amides is 1. The van der Waals surface area contributed by atoms with E-state index in [0.29, 0.717) is 22.5 Å². The molecule has 1 amide bonds. The number of halogens is 3. The van der Waals surface area contributed by atoms with Crippen LogP contribution in [-0.2, 0) is 11.2 Å². The molecule has 2 aliphatic heterocycles. The lowest BCUT2D eigenvalue weighted by Gasteiger charge is -2.33. The average molecular weight is 406 g/mol. The second-order valence-electron chi connectivity index (χ2n) is 7.02. The first-order chi connectivity index (χ1) is 11.6. The van der Waals surface area contributed by atoms with Crippen molar-refractivity contribution in [1.29, 1.82) is 0 Å². The standard InChI is InChI=1S/C19H26Cl2N2O.ClH/c20-17-8-7-15(12-18(17)21)13-19(24)23-11-3-1-2-6-16(23)14-22-9-4-5-10-22;/h7-8,12,16H,1-6,9-11,13-14H2;1H. The van der Waals surface area contributed by atoms with Gasteiger partial charge in [-0.05, 0) is 56.5 Å². The zero-order valence-electron chi connectivity index (χ0n) is 14.6. The average Bonchev–Trinajstić information content (AvgIpc) is 2.95. The van der Waals surface area contributed by atoms with Gasteiger partial charge in [0, 0.05) is 19.1 Å². The number of hydrogen-bond donors (Lipinski definition) is 0. The fourth-order valence-electron chi connectivity index (χ4n) is 3.88. The highest BCUT2D eigenvalue weighted by molar-refractivity contribution is 6.42. The normalized spacial score (nSPS) is 21.7. The van der Waals surface area contributed by atoms with E-state index in [4.69, 9.17) is 23.2 Å². The Balaban J connectivity index is 0.00000225. The molecule has 0 N–H and O–H groups in total. The first-order valence-electron chi connectivity index (χ1n) is 9.09. The van der Waals surface area contributed by atoms with Crippen LogP contribution in [0.1, 0.15) is 44.1 Å². The zero-order valence-corrected chi connectivity index (χ0v) is 16.9. The third-order valence-corrected chi connectivity index (χ3v) is 5.94. The molecule has 0 radical (unpaired) electrons. The molecule has 25 heavy (non-hydrogen) atoms. The topological polar surface area (TPSA) is 23.6 Å². The molecule has 2 aliphatic rings. The number of carbonyl (C=O) groups excluding carboxylic acids is 1. The Morgan fingerprint density at radius 1 is 1.00 bits per heavy atom. The van der Waals surface area contributed by atoms with Crippen LogP contribution in [0.2, 0.25) is 10.0 Å². The van der Waals surface area contributed by atoms with E-state index in [1.54, 1.807) is 6.07 Å². The van der Waals surface area contributed by atoms with Crippen molar-refractivity contribution in [3.8, 4) is 0 Å². The first-order valence-corrected chi connectivity index (χ1v) is 9.85. The van der Waals surface area contributed by atoms with Crippen LogP contribution in [0.4, 0.5) is 0 Å². The van der Waals surface area contributed by atoms with Gasteiger partial charge in [0.1, 0.15) is 0 Å². The Morgan fingerprint density at radius 2 is 1.72 bits per heavy atom. The summed E-state index contributed by atoms with van der Waals surface area (Å²) in [6.07, 6.45) is 7.70. The van der Waals surface area contributed by atoms with E-state index in [-0.39, 0.29) is 18.3 Å². The molecule has 1 atom stereocenters. The maximum Gasteiger partial charge on any atom is 0.227 e. The van der Waals surface area contributed by atoms with Gasteiger partial charge >= 0.3 is 0 Å². The van der Waals surface area contributed by atoms with Gasteiger partial charge in [-0.25, -0.2) is 0 Å². The minimum atomic E-state index is 0. The highest BCUT2D eigenvalue weighted by atomic mass is 35.5. The van der Waals surface area contributed by atoms with Crippen LogP contribution in [0.3, 0.4) is 0 Å². The quantitative estimate of drug-likeness (QED) is 0.716. The number of benzene rings is 1. The minimum absolute atomic E-state index is 0. The number of nitrogens with zero attached hydrogens (tertiary/aromatic N) is 2. The van der Waals surface area contributed by atoms with Gasteiger partial charge in [0.2, 0.25) is 5.91 Å². The molecule has 2 heterocycles. The van der Waals surface area contributed by atoms with Gasteiger partial charge in [0.25, 0.3) is 0 Å². The van der Waals surface area contributed by atoms with Crippen molar-refractivity contribution < 1.29 is 4.79 Å². The van der Waals surface area contributed by atoms with Crippen LogP contribution in [0, 0.1) is 0 Å². The van der Waals surface area contributed by atoms with Crippen molar-refractivity contribution in [2.45, 2.75) is 51.0 Å². The lowest BCUT2D eigenvalue weighted by atomic mass is 10.1. The Bertz CT molecular complexity index is 576. The van der Waals surface area contributed by atoms with Crippen LogP contribution in [0.25, 0.3) is 0 Å². The summed E-state index contributed by atoms with van der Waals surface area (Å²) in [7, 11) is 0. The molecule has 2 saturated heterocycles. The van der Waals surface area contributed by atoms with E-state index in [2.05, 4.69) is 9.80 Å². The number of rotatable bonds is 4. The number of hydrogen-bond acceptors (Lipinski definition) is 2. The predicted octanol–water partition coefficient (Wildman–Crippen LogP) is 4.82. The van der Waals surface area contributed by atoms with Crippen LogP contribution in [0.15, 0.2) is 18.2 Å². The summed E-state index contributed by atoms with van der Waals surface area (Å²) in [5, 5.41) is 1.06. The summed E-state index contributed by atoms with van der Waals surface area (Å²) >= 11 is 12.1. The number of carbonyl (C=O) groups is 1. The highest BCUT2D eigenvalue weighted by Gasteiger charge is 2.28. The third kappa shape index (κ3) is 5.75. The molecule has 2 fully saturated rings. The summed E-state index contributed by atoms with van der Waals surface area (Å²) in [5.41, 5.74) is 0.943. The third-order valence-electron chi connectivity index (χ3n) is 5.20. The van der Waals surface area contributed by atoms with Gasteiger partial charge in [-0.2, -0.15) is 0 Å². The molecule has 3 rings (SSSR count). The van der Waals surface area contributed by atoms with Gasteiger partial charge in [-0.3, -0.25) is 4.79 Å². The lowest BCUT2D eigenvalue weighted by molar-refractivity contribution is -0.133. The largest absolute Gasteiger partial charge is 0.338 e. The van der Waals surface area contributed by atoms with Gasteiger partial charge in [0.05, 0.1) is 16.5 Å². The molecule has 0 saturated carbocycles. The van der Waals surface area contributed by atoms with E-state index in [0.717, 1.165) is 31.5 Å². The van der Waals surface area contributed by atoms with Crippen LogP contribution in [0.5, 0.6) is 0 Å². The molecular formula is C19H27Cl3N2O. The molecule has 6 heteroatoms. The Labute approximate surface area is 167 Å². The molecule has 0 aromatic heterocycles. The molecule has 140 valence electrons. The van der Waals surface area contributed by atoms with E-state index in [9.17, 15) is 4.79 Å². The highest BCUT2D eigenvalue weighted by Crippen LogP contribution is 2.24. The van der Waals surface area contributed by atoms with Crippen molar-refractivity contribution in [2.24, 2.45) is 0 Å². The fraction of sp³-hybridized carbons (Fsp3) is 0.632. The summed E-state index contributed by atoms with van der Waals surface area (Å²) < 4.78 is 0. The van der Waals surface area contributed by atoms with Gasteiger partial charge in [-0.1, -0.05) is 42.1 Å². The number of likely N-dealkylation sites (tertiary alicyclic amines) is 2. The summed E-state index contributed by atoms with van der Waals surface area (Å²) in [5.74, 6) is 0.222. The second kappa shape index (κ2) is 10.0. The molecule has 1 aromatic rings. The van der Waals surface area contributed by atoms with Crippen LogP contribution < -0.4 is 0 Å². The van der Waals surface area contributed by atoms with E-state index in [1.807, 2.05) is 12.1 Å². The Hall–Kier alpha value is -0.480. The van der Waals surface area contributed by atoms with Crippen LogP contribution >= 0.6 is 35.6 Å². The molecule has 1 aromatic carbocycles. The van der Waals surface area contributed by atoms with Crippen molar-refractivity contribution in [2.75, 3.05) is 26.2 Å². The molecule has 3 nitrogen and oxygen atoms in total. The molecule has 1 unspecified atom stereocenters. The Morgan fingerprint density at radius 3 is 2.44 bits per heavy atom. The molecule has 0 spiro atoms. The zero-order chi connectivity index (χ0) is 16.9. The maximum atomic E-state index is 12.9. The molecule has 0 aliphatic carbocycles. The smallest absolute Gasteiger partial charge is 0.227 e. The summed E-state index contributed by atoms with van der Waals surface area (Å²) in [6, 6.07) is 5.85. The van der Waals surface area contributed by atoms with Crippen molar-refractivity contribution in [3.63, 3.8) is 0 Å². The lowest BCUT2D eigenvalue weighted by Crippen LogP contribution is -2.46. The van der Waals surface area contributed by atoms with E-state index >= 15 is 0 Å². The Kier molecular flexibility index (Phi) is 8.34. The van der Waals surface area contributed by atoms with E-state index in [1.165, 1.54) is 38.8 Å². The predicted molar refractivity (Wildman–Crippen MR) is 107 cm³/mol. The summed E-state index contributed by atoms with van der Waals surface area (Å²) in [4.78, 5) is 17.6. The summed E-state index contributed by atoms with van der Waals surface area (Å²) in [6.45, 7) is 4.29. The van der Waals surface area contributed by atoms with Crippen LogP contribution in [-0.4, -0.2) is 47.9 Å². The van der Waals surface area contributed by atoms with Crippen molar-refractivity contribution in [1.82, 2.24) is 9.80 Å². The van der Waals surface area contributed by atoms with Gasteiger partial charge in [-0.15, -0.1) is 12.4 Å². The first kappa shape index (κ1) is 20.8. The molecule has 0 bridgehead atoms. The fourth-order valence-corrected chi connectivity index (χ4v) is 4.21. The molecular weight excluding hydrogens is 379 g/mol. The second-order valence-corrected chi connectivity index (χ2v) is 7.84. The van der Waals surface area contributed by atoms with Gasteiger partial charge in [0.15, 0.2) is 0 Å². The monoisotopic (exact) mass is 404 g/mol. The maximum absolute atomic E-state index is 12.9. The van der Waals surface area contributed by atoms with Crippen molar-refractivity contribution in [3.05, 3.63) is 33.8 Å². The SMILES string of the molecule is Cl.O=C(Cc1ccc(Cl)c(Cl)c1)N1CCCCCC1CN1CCCC1. The van der Waals surface area contributed by atoms with Crippen molar-refractivity contribution >= 4 is 41.5 Å².